The quantitative estimate of drug-likeness (QED) is 0.688. The minimum atomic E-state index is -5.05. The van der Waals surface area contributed by atoms with E-state index in [1.807, 2.05) is 0 Å². The summed E-state index contributed by atoms with van der Waals surface area (Å²) in [6, 6.07) is 3.19. The average Bonchev–Trinajstić information content (AvgIpc) is 2.29. The Hall–Kier alpha value is -1.27. The van der Waals surface area contributed by atoms with Gasteiger partial charge in [-0.25, -0.2) is 0 Å². The highest BCUT2D eigenvalue weighted by Crippen LogP contribution is 2.28. The van der Waals surface area contributed by atoms with Crippen molar-refractivity contribution in [2.24, 2.45) is 0 Å². The number of nitrogens with one attached hydrogen (secondary N) is 1. The van der Waals surface area contributed by atoms with Gasteiger partial charge in [-0.1, -0.05) is 11.6 Å². The van der Waals surface area contributed by atoms with E-state index in [-0.39, 0.29) is 10.7 Å². The van der Waals surface area contributed by atoms with Crippen molar-refractivity contribution in [1.29, 1.82) is 0 Å². The molecule has 1 amide bonds. The summed E-state index contributed by atoms with van der Waals surface area (Å²) < 4.78 is 37.0. The smallest absolute Gasteiger partial charge is 0.324 e. The number of anilines is 1. The molecule has 1 N–H and O–H groups in total. The molecule has 3 nitrogen and oxygen atoms in total. The fraction of sp³-hybridized carbons (Fsp3) is 0.200. The zero-order chi connectivity index (χ0) is 13.9. The monoisotopic (exact) mass is 299 g/mol. The number of alkyl halides is 4. The molecule has 0 aromatic heterocycles. The average molecular weight is 300 g/mol. The Bertz CT molecular complexity index is 489. The SMILES string of the molecule is O=C(CCl)Nc1ccc(Cl)cc1C(=O)C(F)(F)F. The molecular weight excluding hydrogens is 294 g/mol. The molecule has 18 heavy (non-hydrogen) atoms. The van der Waals surface area contributed by atoms with Crippen LogP contribution in [0.2, 0.25) is 5.02 Å². The van der Waals surface area contributed by atoms with Crippen LogP contribution in [0.5, 0.6) is 0 Å². The molecule has 0 aliphatic rings. The third-order valence-corrected chi connectivity index (χ3v) is 2.36. The van der Waals surface area contributed by atoms with Crippen LogP contribution in [0.4, 0.5) is 18.9 Å². The van der Waals surface area contributed by atoms with Crippen LogP contribution in [0.1, 0.15) is 10.4 Å². The first-order valence-corrected chi connectivity index (χ1v) is 5.44. The van der Waals surface area contributed by atoms with E-state index in [1.54, 1.807) is 0 Å². The molecule has 98 valence electrons. The number of amides is 1. The third kappa shape index (κ3) is 3.61. The fourth-order valence-electron chi connectivity index (χ4n) is 1.15. The number of ketones is 1. The Morgan fingerprint density at radius 3 is 2.39 bits per heavy atom. The van der Waals surface area contributed by atoms with Crippen molar-refractivity contribution in [3.8, 4) is 0 Å². The van der Waals surface area contributed by atoms with Crippen molar-refractivity contribution < 1.29 is 22.8 Å². The molecule has 0 radical (unpaired) electrons. The first-order chi connectivity index (χ1) is 8.25. The van der Waals surface area contributed by atoms with Crippen molar-refractivity contribution in [3.05, 3.63) is 28.8 Å². The molecule has 0 aliphatic heterocycles. The number of carbonyl (C=O) groups excluding carboxylic acids is 2. The maximum Gasteiger partial charge on any atom is 0.454 e. The number of Topliss-reactive ketones (excluding diaryl/α,β-unsaturated/α-hetero) is 1. The van der Waals surface area contributed by atoms with Crippen LogP contribution < -0.4 is 5.32 Å². The molecule has 0 saturated heterocycles. The molecule has 0 saturated carbocycles. The number of carbonyl (C=O) groups is 2. The summed E-state index contributed by atoms with van der Waals surface area (Å²) in [4.78, 5) is 22.2. The highest BCUT2D eigenvalue weighted by atomic mass is 35.5. The van der Waals surface area contributed by atoms with Gasteiger partial charge in [0.15, 0.2) is 0 Å². The lowest BCUT2D eigenvalue weighted by Crippen LogP contribution is -2.25. The van der Waals surface area contributed by atoms with Gasteiger partial charge >= 0.3 is 6.18 Å². The molecule has 1 aromatic carbocycles. The normalized spacial score (nSPS) is 11.2. The van der Waals surface area contributed by atoms with Crippen molar-refractivity contribution in [2.75, 3.05) is 11.2 Å². The zero-order valence-electron chi connectivity index (χ0n) is 8.65. The Balaban J connectivity index is 3.20. The Morgan fingerprint density at radius 1 is 1.28 bits per heavy atom. The van der Waals surface area contributed by atoms with Gasteiger partial charge in [0.05, 0.1) is 11.3 Å². The lowest BCUT2D eigenvalue weighted by atomic mass is 10.1. The van der Waals surface area contributed by atoms with Gasteiger partial charge in [0.2, 0.25) is 5.91 Å². The van der Waals surface area contributed by atoms with Gasteiger partial charge < -0.3 is 5.32 Å². The predicted octanol–water partition coefficient (Wildman–Crippen LogP) is 3.26. The topological polar surface area (TPSA) is 46.2 Å². The van der Waals surface area contributed by atoms with Crippen LogP contribution in [0.25, 0.3) is 0 Å². The van der Waals surface area contributed by atoms with E-state index in [0.717, 1.165) is 12.1 Å². The van der Waals surface area contributed by atoms with E-state index in [0.29, 0.717) is 0 Å². The van der Waals surface area contributed by atoms with Gasteiger partial charge in [-0.3, -0.25) is 9.59 Å². The molecule has 0 spiro atoms. The number of halogens is 5. The molecule has 1 aromatic rings. The maximum atomic E-state index is 12.3. The minimum Gasteiger partial charge on any atom is -0.324 e. The summed E-state index contributed by atoms with van der Waals surface area (Å²) >= 11 is 10.7. The summed E-state index contributed by atoms with van der Waals surface area (Å²) in [5, 5.41) is 2.04. The van der Waals surface area contributed by atoms with Gasteiger partial charge in [-0.15, -0.1) is 11.6 Å². The fourth-order valence-corrected chi connectivity index (χ4v) is 1.39. The molecule has 0 fully saturated rings. The molecule has 8 heteroatoms. The number of rotatable bonds is 3. The molecule has 0 heterocycles. The van der Waals surface area contributed by atoms with Gasteiger partial charge in [0.1, 0.15) is 5.88 Å². The van der Waals surface area contributed by atoms with Crippen LogP contribution in [-0.4, -0.2) is 23.7 Å². The van der Waals surface area contributed by atoms with Gasteiger partial charge in [0.25, 0.3) is 5.78 Å². The van der Waals surface area contributed by atoms with E-state index in [9.17, 15) is 22.8 Å². The third-order valence-electron chi connectivity index (χ3n) is 1.88. The lowest BCUT2D eigenvalue weighted by Gasteiger charge is -2.11. The second kappa shape index (κ2) is 5.58. The molecule has 1 rings (SSSR count). The van der Waals surface area contributed by atoms with E-state index >= 15 is 0 Å². The van der Waals surface area contributed by atoms with E-state index in [4.69, 9.17) is 23.2 Å². The molecule has 0 atom stereocenters. The van der Waals surface area contributed by atoms with Crippen LogP contribution in [0.3, 0.4) is 0 Å². The standard InChI is InChI=1S/C10H6Cl2F3NO2/c11-4-8(17)16-7-2-1-5(12)3-6(7)9(18)10(13,14)15/h1-3H,4H2,(H,16,17). The second-order valence-electron chi connectivity index (χ2n) is 3.20. The Morgan fingerprint density at radius 2 is 1.89 bits per heavy atom. The summed E-state index contributed by atoms with van der Waals surface area (Å²) in [6.07, 6.45) is -5.05. The van der Waals surface area contributed by atoms with Crippen molar-refractivity contribution in [2.45, 2.75) is 6.18 Å². The first-order valence-electron chi connectivity index (χ1n) is 4.52. The van der Waals surface area contributed by atoms with E-state index in [1.165, 1.54) is 6.07 Å². The van der Waals surface area contributed by atoms with Gasteiger partial charge in [0, 0.05) is 5.02 Å². The maximum absolute atomic E-state index is 12.3. The molecule has 0 unspecified atom stereocenters. The number of hydrogen-bond acceptors (Lipinski definition) is 2. The summed E-state index contributed by atoms with van der Waals surface area (Å²) in [6.45, 7) is 0. The van der Waals surface area contributed by atoms with E-state index < -0.39 is 29.3 Å². The lowest BCUT2D eigenvalue weighted by molar-refractivity contribution is -0.114. The first kappa shape index (κ1) is 14.8. The summed E-state index contributed by atoms with van der Waals surface area (Å²) in [5.74, 6) is -3.26. The Labute approximate surface area is 110 Å². The molecular formula is C10H6Cl2F3NO2. The van der Waals surface area contributed by atoms with Crippen LogP contribution in [-0.2, 0) is 4.79 Å². The Kier molecular flexibility index (Phi) is 4.59. The van der Waals surface area contributed by atoms with Crippen molar-refractivity contribution in [1.82, 2.24) is 0 Å². The number of hydrogen-bond donors (Lipinski definition) is 1. The predicted molar refractivity (Wildman–Crippen MR) is 61.2 cm³/mol. The van der Waals surface area contributed by atoms with E-state index in [2.05, 4.69) is 5.32 Å². The minimum absolute atomic E-state index is 0.0496. The highest BCUT2D eigenvalue weighted by Gasteiger charge is 2.40. The summed E-state index contributed by atoms with van der Waals surface area (Å²) in [5.41, 5.74) is -1.01. The van der Waals surface area contributed by atoms with Crippen molar-refractivity contribution in [3.63, 3.8) is 0 Å². The molecule has 0 bridgehead atoms. The van der Waals surface area contributed by atoms with Gasteiger partial charge in [-0.05, 0) is 18.2 Å². The highest BCUT2D eigenvalue weighted by molar-refractivity contribution is 6.31. The van der Waals surface area contributed by atoms with Crippen LogP contribution >= 0.6 is 23.2 Å². The second-order valence-corrected chi connectivity index (χ2v) is 3.90. The summed E-state index contributed by atoms with van der Waals surface area (Å²) in [7, 11) is 0. The molecule has 0 aliphatic carbocycles. The van der Waals surface area contributed by atoms with Crippen LogP contribution in [0.15, 0.2) is 18.2 Å². The van der Waals surface area contributed by atoms with Crippen LogP contribution in [0, 0.1) is 0 Å². The largest absolute Gasteiger partial charge is 0.454 e. The van der Waals surface area contributed by atoms with Gasteiger partial charge in [-0.2, -0.15) is 13.2 Å². The zero-order valence-corrected chi connectivity index (χ0v) is 10.2. The van der Waals surface area contributed by atoms with Crippen molar-refractivity contribution >= 4 is 40.6 Å². The number of benzene rings is 1.